The third-order valence-electron chi connectivity index (χ3n) is 5.13. The van der Waals surface area contributed by atoms with Crippen LogP contribution in [-0.2, 0) is 0 Å². The second-order valence-corrected chi connectivity index (χ2v) is 6.80. The van der Waals surface area contributed by atoms with E-state index in [1.54, 1.807) is 14.2 Å². The highest BCUT2D eigenvalue weighted by molar-refractivity contribution is 5.86. The van der Waals surface area contributed by atoms with Gasteiger partial charge in [-0.25, -0.2) is 0 Å². The van der Waals surface area contributed by atoms with Crippen molar-refractivity contribution in [3.8, 4) is 22.6 Å². The average molecular weight is 373 g/mol. The van der Waals surface area contributed by atoms with E-state index in [-0.39, 0.29) is 0 Å². The largest absolute Gasteiger partial charge is 0.497 e. The molecule has 0 aliphatic heterocycles. The molecular weight excluding hydrogens is 350 g/mol. The molecule has 0 aliphatic rings. The Morgan fingerprint density at radius 1 is 0.857 bits per heavy atom. The molecule has 142 valence electrons. The van der Waals surface area contributed by atoms with Crippen molar-refractivity contribution in [2.75, 3.05) is 14.2 Å². The highest BCUT2D eigenvalue weighted by Gasteiger charge is 2.21. The van der Waals surface area contributed by atoms with E-state index in [9.17, 15) is 5.11 Å². The molecule has 0 saturated heterocycles. The van der Waals surface area contributed by atoms with Crippen LogP contribution in [0.4, 0.5) is 0 Å². The van der Waals surface area contributed by atoms with Crippen molar-refractivity contribution >= 4 is 10.9 Å². The summed E-state index contributed by atoms with van der Waals surface area (Å²) in [7, 11) is 3.27. The number of aryl methyl sites for hydroxylation is 1. The van der Waals surface area contributed by atoms with Crippen molar-refractivity contribution in [2.24, 2.45) is 0 Å². The highest BCUT2D eigenvalue weighted by atomic mass is 16.5. The summed E-state index contributed by atoms with van der Waals surface area (Å²) in [5.41, 5.74) is 5.60. The zero-order valence-corrected chi connectivity index (χ0v) is 16.2. The Labute approximate surface area is 164 Å². The number of fused-ring (bicyclic) bond motifs is 1. The summed E-state index contributed by atoms with van der Waals surface area (Å²) in [6, 6.07) is 21.7. The minimum absolute atomic E-state index is 0.710. The maximum Gasteiger partial charge on any atom is 0.123 e. The summed E-state index contributed by atoms with van der Waals surface area (Å²) < 4.78 is 10.8. The maximum atomic E-state index is 11.4. The first-order chi connectivity index (χ1) is 13.6. The minimum Gasteiger partial charge on any atom is -0.497 e. The van der Waals surface area contributed by atoms with E-state index >= 15 is 0 Å². The molecule has 1 heterocycles. The van der Waals surface area contributed by atoms with Gasteiger partial charge in [0.1, 0.15) is 17.6 Å². The van der Waals surface area contributed by atoms with E-state index in [1.807, 2.05) is 73.7 Å². The van der Waals surface area contributed by atoms with Crippen LogP contribution >= 0.6 is 0 Å². The summed E-state index contributed by atoms with van der Waals surface area (Å²) in [5.74, 6) is 1.42. The van der Waals surface area contributed by atoms with Gasteiger partial charge in [-0.1, -0.05) is 42.5 Å². The number of ether oxygens (including phenoxy) is 2. The van der Waals surface area contributed by atoms with Crippen LogP contribution in [0.3, 0.4) is 0 Å². The lowest BCUT2D eigenvalue weighted by Gasteiger charge is -2.18. The first kappa shape index (κ1) is 18.1. The lowest BCUT2D eigenvalue weighted by Crippen LogP contribution is -2.03. The van der Waals surface area contributed by atoms with Crippen molar-refractivity contribution in [1.29, 1.82) is 0 Å². The number of rotatable bonds is 5. The SMILES string of the molecule is COc1cc(OC)cc(-c2ccccc2C(O)c2c(C)[nH]c3ccccc23)c1. The molecule has 0 radical (unpaired) electrons. The number of nitrogens with one attached hydrogen (secondary N) is 1. The van der Waals surface area contributed by atoms with Gasteiger partial charge in [-0.05, 0) is 41.8 Å². The van der Waals surface area contributed by atoms with Crippen molar-refractivity contribution in [3.05, 3.63) is 83.6 Å². The first-order valence-electron chi connectivity index (χ1n) is 9.20. The predicted molar refractivity (Wildman–Crippen MR) is 112 cm³/mol. The third-order valence-corrected chi connectivity index (χ3v) is 5.13. The lowest BCUT2D eigenvalue weighted by molar-refractivity contribution is 0.221. The summed E-state index contributed by atoms with van der Waals surface area (Å²) in [4.78, 5) is 3.37. The van der Waals surface area contributed by atoms with Gasteiger partial charge in [0, 0.05) is 28.2 Å². The molecule has 1 unspecified atom stereocenters. The Balaban J connectivity index is 1.88. The molecule has 4 heteroatoms. The molecule has 4 nitrogen and oxygen atoms in total. The smallest absolute Gasteiger partial charge is 0.123 e. The van der Waals surface area contributed by atoms with Gasteiger partial charge in [-0.15, -0.1) is 0 Å². The third kappa shape index (κ3) is 3.12. The van der Waals surface area contributed by atoms with E-state index in [2.05, 4.69) is 4.98 Å². The second kappa shape index (κ2) is 7.41. The molecule has 2 N–H and O–H groups in total. The molecule has 1 atom stereocenters. The van der Waals surface area contributed by atoms with Crippen molar-refractivity contribution in [3.63, 3.8) is 0 Å². The Kier molecular flexibility index (Phi) is 4.80. The van der Waals surface area contributed by atoms with Gasteiger partial charge in [0.15, 0.2) is 0 Å². The van der Waals surface area contributed by atoms with Gasteiger partial charge in [0.25, 0.3) is 0 Å². The quantitative estimate of drug-likeness (QED) is 0.503. The standard InChI is InChI=1S/C24H23NO3/c1-15-23(21-10-6-7-11-22(21)25-15)24(26)20-9-5-4-8-19(20)16-12-17(27-2)14-18(13-16)28-3/h4-14,24-26H,1-3H3. The Morgan fingerprint density at radius 3 is 2.21 bits per heavy atom. The fraction of sp³-hybridized carbons (Fsp3) is 0.167. The second-order valence-electron chi connectivity index (χ2n) is 6.80. The number of hydrogen-bond donors (Lipinski definition) is 2. The molecule has 1 aromatic heterocycles. The number of aromatic amines is 1. The van der Waals surface area contributed by atoms with Crippen LogP contribution in [0, 0.1) is 6.92 Å². The van der Waals surface area contributed by atoms with Crippen molar-refractivity contribution < 1.29 is 14.6 Å². The Hall–Kier alpha value is -3.24. The van der Waals surface area contributed by atoms with Crippen LogP contribution in [0.2, 0.25) is 0 Å². The summed E-state index contributed by atoms with van der Waals surface area (Å²) in [5, 5.41) is 12.4. The van der Waals surface area contributed by atoms with Crippen LogP contribution in [0.15, 0.2) is 66.7 Å². The fourth-order valence-electron chi connectivity index (χ4n) is 3.77. The van der Waals surface area contributed by atoms with E-state index in [1.165, 1.54) is 0 Å². The molecule has 4 aromatic rings. The number of benzene rings is 3. The molecule has 0 fully saturated rings. The zero-order valence-electron chi connectivity index (χ0n) is 16.2. The van der Waals surface area contributed by atoms with Crippen LogP contribution in [0.1, 0.15) is 22.9 Å². The normalized spacial score (nSPS) is 12.1. The van der Waals surface area contributed by atoms with Gasteiger partial charge in [-0.3, -0.25) is 0 Å². The van der Waals surface area contributed by atoms with E-state index in [4.69, 9.17) is 9.47 Å². The number of hydrogen-bond acceptors (Lipinski definition) is 3. The molecule has 4 rings (SSSR count). The number of aromatic nitrogens is 1. The average Bonchev–Trinajstić information content (AvgIpc) is 3.08. The van der Waals surface area contributed by atoms with Crippen molar-refractivity contribution in [2.45, 2.75) is 13.0 Å². The highest BCUT2D eigenvalue weighted by Crippen LogP contribution is 2.38. The molecule has 28 heavy (non-hydrogen) atoms. The monoisotopic (exact) mass is 373 g/mol. The van der Waals surface area contributed by atoms with Gasteiger partial charge in [-0.2, -0.15) is 0 Å². The fourth-order valence-corrected chi connectivity index (χ4v) is 3.77. The van der Waals surface area contributed by atoms with Crippen LogP contribution in [0.25, 0.3) is 22.0 Å². The maximum absolute atomic E-state index is 11.4. The van der Waals surface area contributed by atoms with E-state index in [0.717, 1.165) is 38.9 Å². The number of H-pyrrole nitrogens is 1. The summed E-state index contributed by atoms with van der Waals surface area (Å²) in [6.07, 6.45) is -0.760. The predicted octanol–water partition coefficient (Wildman–Crippen LogP) is 5.24. The van der Waals surface area contributed by atoms with Crippen molar-refractivity contribution in [1.82, 2.24) is 4.98 Å². The molecule has 0 bridgehead atoms. The minimum atomic E-state index is -0.760. The molecular formula is C24H23NO3. The summed E-state index contributed by atoms with van der Waals surface area (Å²) >= 11 is 0. The molecule has 0 aliphatic carbocycles. The Morgan fingerprint density at radius 2 is 1.50 bits per heavy atom. The van der Waals surface area contributed by atoms with E-state index < -0.39 is 6.10 Å². The summed E-state index contributed by atoms with van der Waals surface area (Å²) in [6.45, 7) is 2.00. The zero-order chi connectivity index (χ0) is 19.7. The number of aliphatic hydroxyl groups is 1. The number of para-hydroxylation sites is 1. The van der Waals surface area contributed by atoms with E-state index in [0.29, 0.717) is 11.5 Å². The topological polar surface area (TPSA) is 54.5 Å². The Bertz CT molecular complexity index is 1110. The van der Waals surface area contributed by atoms with Gasteiger partial charge in [0.2, 0.25) is 0 Å². The molecule has 0 saturated carbocycles. The van der Waals surface area contributed by atoms with Gasteiger partial charge < -0.3 is 19.6 Å². The van der Waals surface area contributed by atoms with Crippen LogP contribution in [0.5, 0.6) is 11.5 Å². The van der Waals surface area contributed by atoms with Gasteiger partial charge in [0.05, 0.1) is 14.2 Å². The van der Waals surface area contributed by atoms with Crippen LogP contribution in [-0.4, -0.2) is 24.3 Å². The first-order valence-corrected chi connectivity index (χ1v) is 9.20. The van der Waals surface area contributed by atoms with Crippen LogP contribution < -0.4 is 9.47 Å². The number of methoxy groups -OCH3 is 2. The van der Waals surface area contributed by atoms with Gasteiger partial charge >= 0.3 is 0 Å². The molecule has 0 amide bonds. The number of aliphatic hydroxyl groups excluding tert-OH is 1. The molecule has 0 spiro atoms. The lowest BCUT2D eigenvalue weighted by atomic mass is 9.91. The molecule has 3 aromatic carbocycles.